The Hall–Kier alpha value is -1.39. The molecule has 0 saturated heterocycles. The van der Waals surface area contributed by atoms with Gasteiger partial charge in [-0.15, -0.1) is 11.3 Å². The maximum Gasteiger partial charge on any atom is 0.0795 e. The van der Waals surface area contributed by atoms with E-state index in [9.17, 15) is 0 Å². The number of nitrogens with two attached hydrogens (primary N) is 1. The Bertz CT molecular complexity index is 465. The van der Waals surface area contributed by atoms with Crippen molar-refractivity contribution < 1.29 is 0 Å². The lowest BCUT2D eigenvalue weighted by Gasteiger charge is -2.23. The van der Waals surface area contributed by atoms with E-state index >= 15 is 0 Å². The molecular formula is C13H17N3S. The first-order valence-corrected chi connectivity index (χ1v) is 6.55. The summed E-state index contributed by atoms with van der Waals surface area (Å²) in [4.78, 5) is 6.49. The van der Waals surface area contributed by atoms with E-state index in [1.54, 1.807) is 11.3 Å². The Labute approximate surface area is 106 Å². The molecule has 1 aromatic heterocycles. The van der Waals surface area contributed by atoms with E-state index in [1.165, 1.54) is 11.3 Å². The summed E-state index contributed by atoms with van der Waals surface area (Å²) >= 11 is 1.62. The van der Waals surface area contributed by atoms with Crippen LogP contribution in [-0.4, -0.2) is 12.0 Å². The molecule has 90 valence electrons. The molecule has 1 atom stereocenters. The van der Waals surface area contributed by atoms with E-state index in [0.29, 0.717) is 0 Å². The van der Waals surface area contributed by atoms with Crippen LogP contribution in [0.3, 0.4) is 0 Å². The van der Waals surface area contributed by atoms with Gasteiger partial charge in [0.1, 0.15) is 0 Å². The number of nitrogens with zero attached hydrogens (tertiary/aromatic N) is 2. The first-order chi connectivity index (χ1) is 8.18. The van der Waals surface area contributed by atoms with Gasteiger partial charge in [0.25, 0.3) is 0 Å². The third-order valence-electron chi connectivity index (χ3n) is 2.72. The molecule has 2 rings (SSSR count). The van der Waals surface area contributed by atoms with Crippen molar-refractivity contribution in [1.82, 2.24) is 4.98 Å². The molecule has 4 heteroatoms. The van der Waals surface area contributed by atoms with Crippen LogP contribution < -0.4 is 10.6 Å². The zero-order valence-corrected chi connectivity index (χ0v) is 10.9. The maximum atomic E-state index is 5.99. The molecule has 0 radical (unpaired) electrons. The third-order valence-corrected chi connectivity index (χ3v) is 3.36. The van der Waals surface area contributed by atoms with Crippen LogP contribution in [-0.2, 0) is 6.54 Å². The summed E-state index contributed by atoms with van der Waals surface area (Å²) in [5.41, 5.74) is 11.3. The van der Waals surface area contributed by atoms with Crippen molar-refractivity contribution in [2.45, 2.75) is 19.5 Å². The molecule has 0 spiro atoms. The Balaban J connectivity index is 2.21. The summed E-state index contributed by atoms with van der Waals surface area (Å²) in [5.74, 6) is 0. The van der Waals surface area contributed by atoms with Gasteiger partial charge in [0.2, 0.25) is 0 Å². The van der Waals surface area contributed by atoms with Gasteiger partial charge in [0, 0.05) is 24.2 Å². The fraction of sp³-hybridized carbons (Fsp3) is 0.308. The lowest BCUT2D eigenvalue weighted by Crippen LogP contribution is -2.20. The van der Waals surface area contributed by atoms with Crippen LogP contribution in [0.25, 0.3) is 0 Å². The zero-order chi connectivity index (χ0) is 12.3. The van der Waals surface area contributed by atoms with Crippen LogP contribution in [0.5, 0.6) is 0 Å². The maximum absolute atomic E-state index is 5.99. The Morgan fingerprint density at radius 1 is 1.41 bits per heavy atom. The highest BCUT2D eigenvalue weighted by atomic mass is 32.1. The first-order valence-electron chi connectivity index (χ1n) is 5.61. The van der Waals surface area contributed by atoms with Gasteiger partial charge in [-0.1, -0.05) is 18.2 Å². The Morgan fingerprint density at radius 3 is 2.82 bits per heavy atom. The predicted octanol–water partition coefficient (Wildman–Crippen LogP) is 2.80. The Kier molecular flexibility index (Phi) is 3.76. The standard InChI is InChI=1S/C13H17N3S/c1-10(14)12-5-3-4-6-13(12)16(2)7-11-8-17-9-15-11/h3-6,8-10H,7,14H2,1-2H3/t10-/m1/s1. The van der Waals surface area contributed by atoms with Crippen molar-refractivity contribution in [1.29, 1.82) is 0 Å². The second kappa shape index (κ2) is 5.29. The molecule has 0 bridgehead atoms. The number of rotatable bonds is 4. The molecule has 3 nitrogen and oxygen atoms in total. The van der Waals surface area contributed by atoms with Gasteiger partial charge < -0.3 is 10.6 Å². The van der Waals surface area contributed by atoms with Crippen molar-refractivity contribution in [3.8, 4) is 0 Å². The molecule has 0 saturated carbocycles. The normalized spacial score (nSPS) is 12.4. The largest absolute Gasteiger partial charge is 0.368 e. The van der Waals surface area contributed by atoms with Gasteiger partial charge in [-0.05, 0) is 18.6 Å². The molecule has 0 unspecified atom stereocenters. The molecule has 0 fully saturated rings. The van der Waals surface area contributed by atoms with Crippen molar-refractivity contribution in [2.24, 2.45) is 5.73 Å². The van der Waals surface area contributed by atoms with Crippen LogP contribution in [0, 0.1) is 0 Å². The summed E-state index contributed by atoms with van der Waals surface area (Å²) < 4.78 is 0. The molecule has 0 aliphatic carbocycles. The molecular weight excluding hydrogens is 230 g/mol. The second-order valence-corrected chi connectivity index (χ2v) is 4.90. The Morgan fingerprint density at radius 2 is 2.18 bits per heavy atom. The molecule has 0 aliphatic heterocycles. The quantitative estimate of drug-likeness (QED) is 0.903. The molecule has 2 N–H and O–H groups in total. The van der Waals surface area contributed by atoms with E-state index in [1.807, 2.05) is 24.6 Å². The minimum absolute atomic E-state index is 0.0454. The molecule has 17 heavy (non-hydrogen) atoms. The second-order valence-electron chi connectivity index (χ2n) is 4.18. The van der Waals surface area contributed by atoms with Crippen LogP contribution in [0.4, 0.5) is 5.69 Å². The van der Waals surface area contributed by atoms with Crippen LogP contribution in [0.1, 0.15) is 24.2 Å². The topological polar surface area (TPSA) is 42.1 Å². The highest BCUT2D eigenvalue weighted by Crippen LogP contribution is 2.25. The average Bonchev–Trinajstić information content (AvgIpc) is 2.81. The SMILES string of the molecule is C[C@@H](N)c1ccccc1N(C)Cc1cscn1. The number of anilines is 1. The predicted molar refractivity (Wildman–Crippen MR) is 73.3 cm³/mol. The van der Waals surface area contributed by atoms with Gasteiger partial charge in [-0.25, -0.2) is 4.98 Å². The minimum Gasteiger partial charge on any atom is -0.368 e. The van der Waals surface area contributed by atoms with Gasteiger partial charge in [-0.2, -0.15) is 0 Å². The number of hydrogen-bond donors (Lipinski definition) is 1. The highest BCUT2D eigenvalue weighted by Gasteiger charge is 2.10. The van der Waals surface area contributed by atoms with Crippen LogP contribution in [0.15, 0.2) is 35.2 Å². The molecule has 1 heterocycles. The van der Waals surface area contributed by atoms with E-state index in [4.69, 9.17) is 5.73 Å². The van der Waals surface area contributed by atoms with E-state index in [0.717, 1.165) is 12.2 Å². The zero-order valence-electron chi connectivity index (χ0n) is 10.1. The minimum atomic E-state index is 0.0454. The average molecular weight is 247 g/mol. The van der Waals surface area contributed by atoms with Gasteiger partial charge in [0.15, 0.2) is 0 Å². The number of aromatic nitrogens is 1. The smallest absolute Gasteiger partial charge is 0.0795 e. The molecule has 0 aliphatic rings. The molecule has 1 aromatic carbocycles. The van der Waals surface area contributed by atoms with Gasteiger partial charge >= 0.3 is 0 Å². The number of hydrogen-bond acceptors (Lipinski definition) is 4. The summed E-state index contributed by atoms with van der Waals surface area (Å²) in [6, 6.07) is 8.30. The van der Waals surface area contributed by atoms with Crippen molar-refractivity contribution in [2.75, 3.05) is 11.9 Å². The van der Waals surface area contributed by atoms with Crippen molar-refractivity contribution >= 4 is 17.0 Å². The molecule has 0 amide bonds. The lowest BCUT2D eigenvalue weighted by atomic mass is 10.1. The fourth-order valence-corrected chi connectivity index (χ4v) is 2.41. The third kappa shape index (κ3) is 2.84. The van der Waals surface area contributed by atoms with Crippen LogP contribution >= 0.6 is 11.3 Å². The number of benzene rings is 1. The number of para-hydroxylation sites is 1. The highest BCUT2D eigenvalue weighted by molar-refractivity contribution is 7.07. The van der Waals surface area contributed by atoms with Crippen molar-refractivity contribution in [3.63, 3.8) is 0 Å². The fourth-order valence-electron chi connectivity index (χ4n) is 1.86. The summed E-state index contributed by atoms with van der Waals surface area (Å²) in [5, 5.41) is 2.07. The summed E-state index contributed by atoms with van der Waals surface area (Å²) in [6.45, 7) is 2.82. The van der Waals surface area contributed by atoms with E-state index in [2.05, 4.69) is 34.4 Å². The van der Waals surface area contributed by atoms with Crippen LogP contribution in [0.2, 0.25) is 0 Å². The van der Waals surface area contributed by atoms with Gasteiger partial charge in [0.05, 0.1) is 17.7 Å². The van der Waals surface area contributed by atoms with Gasteiger partial charge in [-0.3, -0.25) is 0 Å². The number of thiazole rings is 1. The molecule has 2 aromatic rings. The summed E-state index contributed by atoms with van der Waals surface area (Å²) in [6.07, 6.45) is 0. The monoisotopic (exact) mass is 247 g/mol. The van der Waals surface area contributed by atoms with E-state index in [-0.39, 0.29) is 6.04 Å². The van der Waals surface area contributed by atoms with E-state index < -0.39 is 0 Å². The summed E-state index contributed by atoms with van der Waals surface area (Å²) in [7, 11) is 2.07. The first kappa shape index (κ1) is 12.1. The van der Waals surface area contributed by atoms with Crippen molar-refractivity contribution in [3.05, 3.63) is 46.4 Å². The lowest BCUT2D eigenvalue weighted by molar-refractivity contribution is 0.798.